The first kappa shape index (κ1) is 48.2. The van der Waals surface area contributed by atoms with Crippen molar-refractivity contribution < 1.29 is 4.42 Å². The summed E-state index contributed by atoms with van der Waals surface area (Å²) >= 11 is 1.97. The number of furan rings is 1. The Hall–Kier alpha value is -8.00. The molecule has 0 bridgehead atoms. The Balaban J connectivity index is 1.15. The molecule has 0 saturated carbocycles. The van der Waals surface area contributed by atoms with Crippen LogP contribution in [0.25, 0.3) is 59.5 Å². The zero-order valence-corrected chi connectivity index (χ0v) is 48.2. The maximum absolute atomic E-state index is 6.81. The highest BCUT2D eigenvalue weighted by molar-refractivity contribution is 7.33. The largest absolute Gasteiger partial charge is 0.456 e. The molecule has 0 radical (unpaired) electrons. The predicted molar refractivity (Wildman–Crippen MR) is 341 cm³/mol. The highest BCUT2D eigenvalue weighted by Crippen LogP contribution is 2.57. The van der Waals surface area contributed by atoms with Gasteiger partial charge in [-0.1, -0.05) is 156 Å². The number of aromatic nitrogens is 1. The Bertz CT molecular complexity index is 4510. The van der Waals surface area contributed by atoms with Crippen LogP contribution in [0.15, 0.2) is 180 Å². The molecule has 0 spiro atoms. The van der Waals surface area contributed by atoms with E-state index < -0.39 is 0 Å². The lowest BCUT2D eigenvalue weighted by Gasteiger charge is -2.46. The van der Waals surface area contributed by atoms with Crippen LogP contribution >= 0.6 is 11.3 Å². The quantitative estimate of drug-likeness (QED) is 0.164. The van der Waals surface area contributed by atoms with Gasteiger partial charge in [-0.3, -0.25) is 0 Å². The van der Waals surface area contributed by atoms with Crippen LogP contribution in [0.1, 0.15) is 105 Å². The third-order valence-electron chi connectivity index (χ3n) is 17.4. The average Bonchev–Trinajstić information content (AvgIpc) is 2.70. The zero-order chi connectivity index (χ0) is 54.4. The van der Waals surface area contributed by atoms with Crippen LogP contribution in [0.2, 0.25) is 0 Å². The van der Waals surface area contributed by atoms with Gasteiger partial charge < -0.3 is 23.7 Å². The van der Waals surface area contributed by atoms with Crippen molar-refractivity contribution in [2.75, 3.05) is 14.7 Å². The highest BCUT2D eigenvalue weighted by atomic mass is 32.1. The van der Waals surface area contributed by atoms with Crippen LogP contribution in [-0.4, -0.2) is 11.3 Å². The molecule has 15 rings (SSSR count). The van der Waals surface area contributed by atoms with Crippen LogP contribution in [0.5, 0.6) is 0 Å². The van der Waals surface area contributed by atoms with Gasteiger partial charge in [-0.05, 0) is 152 Å². The fourth-order valence-corrected chi connectivity index (χ4v) is 14.5. The Morgan fingerprint density at radius 1 is 0.418 bits per heavy atom. The lowest BCUT2D eigenvalue weighted by atomic mass is 9.35. The molecule has 3 aromatic heterocycles. The van der Waals surface area contributed by atoms with Crippen LogP contribution in [0, 0.1) is 0 Å². The van der Waals surface area contributed by atoms with Crippen LogP contribution in [0.3, 0.4) is 0 Å². The summed E-state index contributed by atoms with van der Waals surface area (Å²) in [7, 11) is 0. The van der Waals surface area contributed by atoms with Gasteiger partial charge in [0.2, 0.25) is 0 Å². The zero-order valence-electron chi connectivity index (χ0n) is 47.4. The smallest absolute Gasteiger partial charge is 0.264 e. The minimum Gasteiger partial charge on any atom is -0.456 e. The van der Waals surface area contributed by atoms with E-state index in [9.17, 15) is 0 Å². The van der Waals surface area contributed by atoms with Crippen molar-refractivity contribution in [3.8, 4) is 5.69 Å². The van der Waals surface area contributed by atoms with Gasteiger partial charge in [-0.2, -0.15) is 0 Å². The van der Waals surface area contributed by atoms with Gasteiger partial charge >= 0.3 is 0 Å². The fraction of sp³-hybridized carbons (Fsp3) is 0.222. The third kappa shape index (κ3) is 7.07. The molecule has 388 valence electrons. The fourth-order valence-electron chi connectivity index (χ4n) is 13.2. The molecule has 6 heterocycles. The summed E-state index contributed by atoms with van der Waals surface area (Å²) in [6.07, 6.45) is 0. The number of fused-ring (bicyclic) bond motifs is 14. The second kappa shape index (κ2) is 16.3. The van der Waals surface area contributed by atoms with Gasteiger partial charge in [-0.15, -0.1) is 11.3 Å². The van der Waals surface area contributed by atoms with Crippen molar-refractivity contribution >= 4 is 139 Å². The number of thiophene rings is 1. The van der Waals surface area contributed by atoms with E-state index in [4.69, 9.17) is 4.42 Å². The first-order chi connectivity index (χ1) is 37.7. The number of hydrogen-bond donors (Lipinski definition) is 0. The molecule has 3 aliphatic rings. The maximum Gasteiger partial charge on any atom is 0.264 e. The molecule has 7 heteroatoms. The lowest BCUT2D eigenvalue weighted by Crippen LogP contribution is -2.61. The van der Waals surface area contributed by atoms with E-state index in [1.807, 2.05) is 11.3 Å². The van der Waals surface area contributed by atoms with E-state index in [1.165, 1.54) is 98.3 Å². The summed E-state index contributed by atoms with van der Waals surface area (Å²) < 4.78 is 12.1. The Morgan fingerprint density at radius 3 is 1.66 bits per heavy atom. The molecule has 3 aliphatic heterocycles. The van der Waals surface area contributed by atoms with Crippen LogP contribution in [-0.2, 0) is 21.7 Å². The minimum absolute atomic E-state index is 0.0271. The highest BCUT2D eigenvalue weighted by Gasteiger charge is 2.49. The molecule has 9 aromatic carbocycles. The molecular formula is C72H65BN4OS. The van der Waals surface area contributed by atoms with Gasteiger partial charge in [0.15, 0.2) is 0 Å². The van der Waals surface area contributed by atoms with Crippen molar-refractivity contribution in [2.45, 2.75) is 105 Å². The summed E-state index contributed by atoms with van der Waals surface area (Å²) in [4.78, 5) is 7.79. The van der Waals surface area contributed by atoms with E-state index in [0.717, 1.165) is 50.4 Å². The first-order valence-electron chi connectivity index (χ1n) is 28.2. The molecule has 0 amide bonds. The topological polar surface area (TPSA) is 27.8 Å². The van der Waals surface area contributed by atoms with Crippen molar-refractivity contribution in [1.82, 2.24) is 4.57 Å². The second-order valence-electron chi connectivity index (χ2n) is 26.7. The Morgan fingerprint density at radius 2 is 0.987 bits per heavy atom. The Kier molecular flexibility index (Phi) is 9.94. The average molecular weight is 1050 g/mol. The van der Waals surface area contributed by atoms with Crippen molar-refractivity contribution in [2.24, 2.45) is 0 Å². The molecule has 0 N–H and O–H groups in total. The van der Waals surface area contributed by atoms with E-state index in [0.29, 0.717) is 0 Å². The molecular weight excluding hydrogens is 980 g/mol. The third-order valence-corrected chi connectivity index (χ3v) is 18.6. The monoisotopic (exact) mass is 1040 g/mol. The SMILES string of the molecule is CC(C)(C)c1cc2c3c(c1)-n1c4ccc(C(C)(C)C)cc4c4cc(C(C)(C)C)cc(c41)N3c1cc(N(c3ccccc3)c3ccccc3)cc3c1B2c1sc2ccc(C(C)(C)C)cc2c1N3c1ccc2c(c1)oc1ccccc12. The Labute approximate surface area is 468 Å². The molecule has 0 saturated heterocycles. The molecule has 79 heavy (non-hydrogen) atoms. The van der Waals surface area contributed by atoms with Gasteiger partial charge in [-0.25, -0.2) is 0 Å². The summed E-state index contributed by atoms with van der Waals surface area (Å²) in [5, 5.41) is 6.11. The van der Waals surface area contributed by atoms with Gasteiger partial charge in [0, 0.05) is 70.9 Å². The summed E-state index contributed by atoms with van der Waals surface area (Å²) in [6, 6.07) is 67.0. The number of anilines is 9. The van der Waals surface area contributed by atoms with Gasteiger partial charge in [0.25, 0.3) is 6.71 Å². The van der Waals surface area contributed by atoms with Crippen molar-refractivity contribution in [1.29, 1.82) is 0 Å². The number of nitrogens with zero attached hydrogens (tertiary/aromatic N) is 4. The lowest BCUT2D eigenvalue weighted by molar-refractivity contribution is 0.590. The molecule has 0 aliphatic carbocycles. The maximum atomic E-state index is 6.81. The number of benzene rings is 9. The van der Waals surface area contributed by atoms with Crippen LogP contribution in [0.4, 0.5) is 51.2 Å². The van der Waals surface area contributed by atoms with Gasteiger partial charge in [0.05, 0.1) is 39.5 Å². The molecule has 0 atom stereocenters. The van der Waals surface area contributed by atoms with E-state index >= 15 is 0 Å². The van der Waals surface area contributed by atoms with Crippen molar-refractivity contribution in [3.63, 3.8) is 0 Å². The summed E-state index contributed by atoms with van der Waals surface area (Å²) in [5.41, 5.74) is 23.5. The summed E-state index contributed by atoms with van der Waals surface area (Å²) in [5.74, 6) is 0. The number of rotatable bonds is 4. The normalized spacial score (nSPS) is 14.0. The second-order valence-corrected chi connectivity index (χ2v) is 27.8. The van der Waals surface area contributed by atoms with E-state index in [2.05, 4.69) is 278 Å². The van der Waals surface area contributed by atoms with E-state index in [1.54, 1.807) is 0 Å². The molecule has 5 nitrogen and oxygen atoms in total. The van der Waals surface area contributed by atoms with E-state index in [-0.39, 0.29) is 28.4 Å². The molecule has 12 aromatic rings. The number of hydrogen-bond acceptors (Lipinski definition) is 5. The molecule has 0 unspecified atom stereocenters. The predicted octanol–water partition coefficient (Wildman–Crippen LogP) is 19.0. The molecule has 0 fully saturated rings. The van der Waals surface area contributed by atoms with Gasteiger partial charge in [0.1, 0.15) is 11.2 Å². The number of para-hydroxylation sites is 3. The minimum atomic E-state index is -0.152. The van der Waals surface area contributed by atoms with Crippen LogP contribution < -0.4 is 30.4 Å². The first-order valence-corrected chi connectivity index (χ1v) is 29.0. The van der Waals surface area contributed by atoms with Crippen molar-refractivity contribution in [3.05, 3.63) is 198 Å². The summed E-state index contributed by atoms with van der Waals surface area (Å²) in [6.45, 7) is 28.2. The standard InChI is InChI=1S/C72H65BN4OS/c1-69(2,3)42-27-31-56-52(33-42)53-35-44(71(7,8)9)37-59-65(53)76(56)60-38-45(72(10,11)12)36-55-67(60)77(59)58-40-49(74(46-21-15-13-16-22-46)47-23-17-14-18-24-47)39-57-64(58)73(55)68-66(54-34-43(70(4,5)6)28-32-63(54)79-68)75(57)48-29-30-51-50-25-19-20-26-61(50)78-62(51)41-48/h13-41H,1-12H3.